The number of amides is 1. The van der Waals surface area contributed by atoms with Gasteiger partial charge in [0.25, 0.3) is 0 Å². The largest absolute Gasteiger partial charge is 0.416 e. The molecule has 0 unspecified atom stereocenters. The quantitative estimate of drug-likeness (QED) is 0.935. The van der Waals surface area contributed by atoms with Gasteiger partial charge < -0.3 is 5.32 Å². The smallest absolute Gasteiger partial charge is 0.350 e. The second-order valence-corrected chi connectivity index (χ2v) is 5.69. The van der Waals surface area contributed by atoms with Gasteiger partial charge in [-0.1, -0.05) is 0 Å². The van der Waals surface area contributed by atoms with Crippen molar-refractivity contribution in [3.05, 3.63) is 41.5 Å². The molecule has 0 saturated carbocycles. The van der Waals surface area contributed by atoms with E-state index in [1.54, 1.807) is 0 Å². The lowest BCUT2D eigenvalue weighted by Crippen LogP contribution is -2.40. The lowest BCUT2D eigenvalue weighted by molar-refractivity contribution is -0.138. The summed E-state index contributed by atoms with van der Waals surface area (Å²) in [6.45, 7) is 3.20. The van der Waals surface area contributed by atoms with Crippen LogP contribution in [0.15, 0.2) is 24.5 Å². The van der Waals surface area contributed by atoms with E-state index in [4.69, 9.17) is 0 Å². The zero-order chi connectivity index (χ0) is 16.4. The maximum Gasteiger partial charge on any atom is 0.416 e. The number of carbonyl (C=O) groups is 1. The minimum Gasteiger partial charge on any atom is -0.350 e. The highest BCUT2D eigenvalue weighted by atomic mass is 32.1. The summed E-state index contributed by atoms with van der Waals surface area (Å²) in [5.74, 6) is -0.438. The van der Waals surface area contributed by atoms with E-state index in [9.17, 15) is 18.0 Å². The minimum absolute atomic E-state index is 0.0521. The summed E-state index contributed by atoms with van der Waals surface area (Å²) in [4.78, 5) is 16.1. The van der Waals surface area contributed by atoms with Gasteiger partial charge in [-0.25, -0.2) is 0 Å². The van der Waals surface area contributed by atoms with Gasteiger partial charge in [-0.2, -0.15) is 21.9 Å². The molecular weight excluding hydrogens is 317 g/mol. The molecule has 0 radical (unpaired) electrons. The second-order valence-electron chi connectivity index (χ2n) is 5.13. The molecule has 9 heteroatoms. The SMILES string of the molecule is CC(C)(C(=O)NCc1cnsn1)c1cc(C(F)(F)F)ccn1. The summed E-state index contributed by atoms with van der Waals surface area (Å²) in [5.41, 5.74) is -1.39. The van der Waals surface area contributed by atoms with Crippen LogP contribution in [0.1, 0.15) is 30.8 Å². The van der Waals surface area contributed by atoms with Crippen molar-refractivity contribution in [2.24, 2.45) is 0 Å². The van der Waals surface area contributed by atoms with Gasteiger partial charge in [0, 0.05) is 6.20 Å². The van der Waals surface area contributed by atoms with Crippen LogP contribution in [0.4, 0.5) is 13.2 Å². The summed E-state index contributed by atoms with van der Waals surface area (Å²) >= 11 is 1.01. The van der Waals surface area contributed by atoms with Gasteiger partial charge >= 0.3 is 6.18 Å². The Morgan fingerprint density at radius 1 is 1.36 bits per heavy atom. The molecule has 2 aromatic heterocycles. The first-order valence-electron chi connectivity index (χ1n) is 6.29. The van der Waals surface area contributed by atoms with E-state index >= 15 is 0 Å². The van der Waals surface area contributed by atoms with Crippen LogP contribution >= 0.6 is 11.7 Å². The monoisotopic (exact) mass is 330 g/mol. The van der Waals surface area contributed by atoms with Crippen LogP contribution in [0.2, 0.25) is 0 Å². The summed E-state index contributed by atoms with van der Waals surface area (Å²) in [6, 6.07) is 1.77. The molecule has 0 saturated heterocycles. The number of nitrogens with zero attached hydrogens (tertiary/aromatic N) is 3. The summed E-state index contributed by atoms with van der Waals surface area (Å²) in [6.07, 6.45) is -1.91. The average molecular weight is 330 g/mol. The van der Waals surface area contributed by atoms with Gasteiger partial charge in [-0.05, 0) is 26.0 Å². The summed E-state index contributed by atoms with van der Waals surface area (Å²) in [7, 11) is 0. The molecule has 0 bridgehead atoms. The number of halogens is 3. The molecule has 1 amide bonds. The lowest BCUT2D eigenvalue weighted by Gasteiger charge is -2.23. The van der Waals surface area contributed by atoms with Gasteiger partial charge in [0.15, 0.2) is 0 Å². The van der Waals surface area contributed by atoms with Crippen molar-refractivity contribution >= 4 is 17.6 Å². The number of carbonyl (C=O) groups excluding carboxylic acids is 1. The van der Waals surface area contributed by atoms with Crippen LogP contribution in [0, 0.1) is 0 Å². The molecule has 118 valence electrons. The van der Waals surface area contributed by atoms with E-state index in [0.717, 1.165) is 30.1 Å². The Balaban J connectivity index is 2.16. The highest BCUT2D eigenvalue weighted by molar-refractivity contribution is 6.99. The second kappa shape index (κ2) is 5.99. The van der Waals surface area contributed by atoms with Crippen LogP contribution in [0.25, 0.3) is 0 Å². The fourth-order valence-corrected chi connectivity index (χ4v) is 2.15. The van der Waals surface area contributed by atoms with Gasteiger partial charge in [0.2, 0.25) is 5.91 Å². The molecule has 0 atom stereocenters. The Kier molecular flexibility index (Phi) is 4.45. The number of hydrogen-bond acceptors (Lipinski definition) is 5. The molecule has 2 rings (SSSR count). The molecule has 0 spiro atoms. The fourth-order valence-electron chi connectivity index (χ4n) is 1.72. The van der Waals surface area contributed by atoms with Gasteiger partial charge in [-0.3, -0.25) is 9.78 Å². The Bertz CT molecular complexity index is 656. The maximum atomic E-state index is 12.7. The molecule has 1 N–H and O–H groups in total. The van der Waals surface area contributed by atoms with E-state index < -0.39 is 23.1 Å². The third-order valence-electron chi connectivity index (χ3n) is 3.13. The zero-order valence-electron chi connectivity index (χ0n) is 11.8. The zero-order valence-corrected chi connectivity index (χ0v) is 12.6. The first-order chi connectivity index (χ1) is 10.2. The van der Waals surface area contributed by atoms with Crippen molar-refractivity contribution in [1.29, 1.82) is 0 Å². The van der Waals surface area contributed by atoms with Crippen LogP contribution < -0.4 is 5.32 Å². The van der Waals surface area contributed by atoms with E-state index in [1.165, 1.54) is 20.0 Å². The molecule has 2 heterocycles. The normalized spacial score (nSPS) is 12.2. The molecule has 0 aliphatic rings. The molecule has 0 fully saturated rings. The van der Waals surface area contributed by atoms with E-state index in [2.05, 4.69) is 19.0 Å². The molecule has 5 nitrogen and oxygen atoms in total. The number of aromatic nitrogens is 3. The predicted octanol–water partition coefficient (Wildman–Crippen LogP) is 2.55. The summed E-state index contributed by atoms with van der Waals surface area (Å²) in [5, 5.41) is 2.63. The molecule has 22 heavy (non-hydrogen) atoms. The Morgan fingerprint density at radius 2 is 2.09 bits per heavy atom. The van der Waals surface area contributed by atoms with E-state index in [0.29, 0.717) is 5.69 Å². The fraction of sp³-hybridized carbons (Fsp3) is 0.385. The van der Waals surface area contributed by atoms with Crippen molar-refractivity contribution in [2.45, 2.75) is 32.0 Å². The molecule has 0 aliphatic carbocycles. The highest BCUT2D eigenvalue weighted by Gasteiger charge is 2.35. The Labute approximate surface area is 128 Å². The summed E-state index contributed by atoms with van der Waals surface area (Å²) < 4.78 is 46.0. The molecular formula is C13H13F3N4OS. The molecule has 2 aromatic rings. The van der Waals surface area contributed by atoms with Crippen molar-refractivity contribution in [1.82, 2.24) is 19.0 Å². The molecule has 0 aromatic carbocycles. The van der Waals surface area contributed by atoms with E-state index in [-0.39, 0.29) is 12.2 Å². The first kappa shape index (κ1) is 16.3. The number of rotatable bonds is 4. The predicted molar refractivity (Wildman–Crippen MR) is 74.0 cm³/mol. The van der Waals surface area contributed by atoms with Gasteiger partial charge in [0.05, 0.1) is 46.8 Å². The van der Waals surface area contributed by atoms with Crippen molar-refractivity contribution in [3.63, 3.8) is 0 Å². The number of hydrogen-bond donors (Lipinski definition) is 1. The Morgan fingerprint density at radius 3 is 2.68 bits per heavy atom. The van der Waals surface area contributed by atoms with Crippen LogP contribution in [0.5, 0.6) is 0 Å². The third-order valence-corrected chi connectivity index (χ3v) is 3.65. The van der Waals surface area contributed by atoms with E-state index in [1.807, 2.05) is 0 Å². The standard InChI is InChI=1S/C13H13F3N4OS/c1-12(2,11(21)18-6-9-7-19-22-20-9)10-5-8(3-4-17-10)13(14,15)16/h3-5,7H,6H2,1-2H3,(H,18,21). The van der Waals surface area contributed by atoms with Crippen molar-refractivity contribution in [2.75, 3.05) is 0 Å². The third kappa shape index (κ3) is 3.59. The number of nitrogens with one attached hydrogen (secondary N) is 1. The first-order valence-corrected chi connectivity index (χ1v) is 7.03. The van der Waals surface area contributed by atoms with Crippen molar-refractivity contribution in [3.8, 4) is 0 Å². The average Bonchev–Trinajstić information content (AvgIpc) is 2.97. The van der Waals surface area contributed by atoms with Gasteiger partial charge in [-0.15, -0.1) is 0 Å². The van der Waals surface area contributed by atoms with Crippen LogP contribution in [0.3, 0.4) is 0 Å². The highest BCUT2D eigenvalue weighted by Crippen LogP contribution is 2.31. The number of alkyl halides is 3. The topological polar surface area (TPSA) is 67.8 Å². The van der Waals surface area contributed by atoms with Crippen LogP contribution in [-0.4, -0.2) is 19.6 Å². The maximum absolute atomic E-state index is 12.7. The molecule has 0 aliphatic heterocycles. The lowest BCUT2D eigenvalue weighted by atomic mass is 9.87. The number of pyridine rings is 1. The Hall–Kier alpha value is -2.03. The minimum atomic E-state index is -4.48. The van der Waals surface area contributed by atoms with Crippen molar-refractivity contribution < 1.29 is 18.0 Å². The van der Waals surface area contributed by atoms with Crippen LogP contribution in [-0.2, 0) is 22.9 Å². The van der Waals surface area contributed by atoms with Gasteiger partial charge in [0.1, 0.15) is 0 Å².